The molecule has 0 saturated carbocycles. The lowest BCUT2D eigenvalue weighted by atomic mass is 9.67. The van der Waals surface area contributed by atoms with Crippen LogP contribution in [0.4, 0.5) is 17.6 Å². The van der Waals surface area contributed by atoms with Crippen molar-refractivity contribution in [3.8, 4) is 0 Å². The molecule has 0 spiro atoms. The molecule has 0 amide bonds. The second kappa shape index (κ2) is 7.02. The van der Waals surface area contributed by atoms with E-state index in [9.17, 15) is 27.5 Å². The van der Waals surface area contributed by atoms with Gasteiger partial charge in [-0.3, -0.25) is 4.79 Å². The Labute approximate surface area is 164 Å². The Morgan fingerprint density at radius 1 is 1.21 bits per heavy atom. The smallest absolute Gasteiger partial charge is 0.380 e. The molecule has 1 aliphatic rings. The van der Waals surface area contributed by atoms with E-state index in [1.165, 1.54) is 36.6 Å². The van der Waals surface area contributed by atoms with Crippen LogP contribution in [0.1, 0.15) is 26.0 Å². The average molecular weight is 410 g/mol. The first-order valence-corrected chi connectivity index (χ1v) is 9.04. The van der Waals surface area contributed by atoms with E-state index in [2.05, 4.69) is 16.5 Å². The maximum Gasteiger partial charge on any atom is 0.417 e. The highest BCUT2D eigenvalue weighted by Gasteiger charge is 2.56. The van der Waals surface area contributed by atoms with Crippen LogP contribution in [-0.4, -0.2) is 26.9 Å². The predicted octanol–water partition coefficient (Wildman–Crippen LogP) is 4.70. The van der Waals surface area contributed by atoms with Crippen LogP contribution < -0.4 is 5.56 Å². The van der Waals surface area contributed by atoms with Gasteiger partial charge in [-0.1, -0.05) is 26.5 Å². The molecule has 1 aliphatic carbocycles. The molecule has 0 aromatic carbocycles. The summed E-state index contributed by atoms with van der Waals surface area (Å²) in [6.07, 6.45) is -1.09. The van der Waals surface area contributed by atoms with Crippen molar-refractivity contribution in [1.82, 2.24) is 9.97 Å². The van der Waals surface area contributed by atoms with Crippen LogP contribution in [-0.2, 0) is 6.42 Å². The van der Waals surface area contributed by atoms with E-state index in [1.54, 1.807) is 13.8 Å². The van der Waals surface area contributed by atoms with E-state index in [1.807, 2.05) is 0 Å². The van der Waals surface area contributed by atoms with Gasteiger partial charge in [0.05, 0.1) is 5.52 Å². The number of nitrogens with one attached hydrogen (secondary N) is 2. The molecular weight excluding hydrogens is 388 g/mol. The summed E-state index contributed by atoms with van der Waals surface area (Å²) in [5, 5.41) is 11.2. The van der Waals surface area contributed by atoms with Gasteiger partial charge in [-0.05, 0) is 35.6 Å². The fourth-order valence-corrected chi connectivity index (χ4v) is 3.99. The van der Waals surface area contributed by atoms with Gasteiger partial charge in [-0.15, -0.1) is 0 Å². The van der Waals surface area contributed by atoms with Gasteiger partial charge in [0.25, 0.3) is 0 Å². The molecule has 156 valence electrons. The van der Waals surface area contributed by atoms with Crippen molar-refractivity contribution in [3.63, 3.8) is 0 Å². The molecule has 2 unspecified atom stereocenters. The molecule has 0 saturated heterocycles. The van der Waals surface area contributed by atoms with E-state index in [-0.39, 0.29) is 11.3 Å². The fraction of sp³-hybridized carbons (Fsp3) is 0.381. The first-order valence-electron chi connectivity index (χ1n) is 9.04. The molecule has 0 fully saturated rings. The highest BCUT2D eigenvalue weighted by atomic mass is 19.4. The Balaban J connectivity index is 1.94. The van der Waals surface area contributed by atoms with Crippen LogP contribution in [0.25, 0.3) is 10.9 Å². The Morgan fingerprint density at radius 2 is 1.90 bits per heavy atom. The zero-order valence-electron chi connectivity index (χ0n) is 16.0. The molecule has 29 heavy (non-hydrogen) atoms. The maximum absolute atomic E-state index is 13.9. The van der Waals surface area contributed by atoms with Gasteiger partial charge >= 0.3 is 6.18 Å². The number of rotatable bonds is 5. The molecule has 0 bridgehead atoms. The molecule has 8 heteroatoms. The third kappa shape index (κ3) is 4.22. The molecule has 2 aromatic heterocycles. The van der Waals surface area contributed by atoms with Gasteiger partial charge < -0.3 is 15.1 Å². The minimum Gasteiger partial charge on any atom is -0.380 e. The van der Waals surface area contributed by atoms with Crippen molar-refractivity contribution in [1.29, 1.82) is 0 Å². The second-order valence-electron chi connectivity index (χ2n) is 8.27. The topological polar surface area (TPSA) is 68.9 Å². The molecule has 4 nitrogen and oxygen atoms in total. The Morgan fingerprint density at radius 3 is 2.55 bits per heavy atom. The molecule has 0 radical (unpaired) electrons. The van der Waals surface area contributed by atoms with Crippen LogP contribution in [0.3, 0.4) is 0 Å². The number of halogens is 4. The van der Waals surface area contributed by atoms with E-state index < -0.39 is 41.8 Å². The lowest BCUT2D eigenvalue weighted by Crippen LogP contribution is -2.51. The van der Waals surface area contributed by atoms with Crippen molar-refractivity contribution >= 4 is 10.9 Å². The van der Waals surface area contributed by atoms with Crippen LogP contribution in [0.5, 0.6) is 0 Å². The largest absolute Gasteiger partial charge is 0.417 e. The highest BCUT2D eigenvalue weighted by Crippen LogP contribution is 2.47. The van der Waals surface area contributed by atoms with E-state index in [0.29, 0.717) is 16.5 Å². The molecular formula is C21H22F4N2O2. The van der Waals surface area contributed by atoms with Crippen LogP contribution in [0.2, 0.25) is 0 Å². The number of hydrogen-bond donors (Lipinski definition) is 3. The SMILES string of the molecule is C=C1C=CC(F)=CC1C(C)(C)CC(O)(Cc1cc2cc(=O)[nH]cc2[nH]1)C(F)(F)F. The molecule has 2 heterocycles. The molecule has 3 N–H and O–H groups in total. The van der Waals surface area contributed by atoms with Crippen molar-refractivity contribution in [3.05, 3.63) is 70.6 Å². The zero-order valence-corrected chi connectivity index (χ0v) is 16.0. The number of aliphatic hydroxyl groups is 1. The minimum absolute atomic E-state index is 0.138. The Hall–Kier alpha value is -2.61. The number of aromatic nitrogens is 2. The summed E-state index contributed by atoms with van der Waals surface area (Å²) >= 11 is 0. The standard InChI is InChI=1S/C21H22F4N2O2/c1-12-4-5-14(22)8-16(12)19(2,3)11-20(29,21(23,24)25)9-15-6-13-7-18(28)26-10-17(13)27-15/h4-8,10,16,27,29H,1,9,11H2,2-3H3,(H,26,28). The Bertz CT molecular complexity index is 1060. The maximum atomic E-state index is 13.9. The van der Waals surface area contributed by atoms with Gasteiger partial charge in [0.1, 0.15) is 5.83 Å². The van der Waals surface area contributed by atoms with Crippen molar-refractivity contribution < 1.29 is 22.7 Å². The second-order valence-corrected chi connectivity index (χ2v) is 8.27. The molecule has 3 rings (SSSR count). The van der Waals surface area contributed by atoms with Crippen molar-refractivity contribution in [2.45, 2.75) is 38.5 Å². The number of fused-ring (bicyclic) bond motifs is 1. The predicted molar refractivity (Wildman–Crippen MR) is 103 cm³/mol. The first-order chi connectivity index (χ1) is 13.3. The third-order valence-electron chi connectivity index (χ3n) is 5.36. The van der Waals surface area contributed by atoms with Crippen LogP contribution >= 0.6 is 0 Å². The summed E-state index contributed by atoms with van der Waals surface area (Å²) in [6, 6.07) is 2.67. The minimum atomic E-state index is -4.93. The Kier molecular flexibility index (Phi) is 5.11. The summed E-state index contributed by atoms with van der Waals surface area (Å²) in [4.78, 5) is 16.7. The highest BCUT2D eigenvalue weighted by molar-refractivity contribution is 5.79. The summed E-state index contributed by atoms with van der Waals surface area (Å²) in [7, 11) is 0. The molecule has 0 aliphatic heterocycles. The summed E-state index contributed by atoms with van der Waals surface area (Å²) < 4.78 is 55.5. The van der Waals surface area contributed by atoms with Crippen molar-refractivity contribution in [2.24, 2.45) is 11.3 Å². The van der Waals surface area contributed by atoms with Gasteiger partial charge in [0.2, 0.25) is 5.56 Å². The van der Waals surface area contributed by atoms with Gasteiger partial charge in [0.15, 0.2) is 5.60 Å². The number of alkyl halides is 3. The summed E-state index contributed by atoms with van der Waals surface area (Å²) in [5.74, 6) is -1.24. The van der Waals surface area contributed by atoms with Crippen LogP contribution in [0, 0.1) is 11.3 Å². The lowest BCUT2D eigenvalue weighted by Gasteiger charge is -2.41. The monoisotopic (exact) mass is 410 g/mol. The lowest BCUT2D eigenvalue weighted by molar-refractivity contribution is -0.270. The molecule has 2 atom stereocenters. The number of hydrogen-bond acceptors (Lipinski definition) is 2. The number of pyridine rings is 1. The number of allylic oxidation sites excluding steroid dienone is 5. The third-order valence-corrected chi connectivity index (χ3v) is 5.36. The van der Waals surface area contributed by atoms with Crippen LogP contribution in [0.15, 0.2) is 59.3 Å². The first kappa shape index (κ1) is 21.1. The fourth-order valence-electron chi connectivity index (χ4n) is 3.99. The normalized spacial score (nSPS) is 20.0. The van der Waals surface area contributed by atoms with Gasteiger partial charge in [-0.2, -0.15) is 13.2 Å². The van der Waals surface area contributed by atoms with E-state index >= 15 is 0 Å². The van der Waals surface area contributed by atoms with E-state index in [4.69, 9.17) is 0 Å². The van der Waals surface area contributed by atoms with Gasteiger partial charge in [0, 0.05) is 35.7 Å². The summed E-state index contributed by atoms with van der Waals surface area (Å²) in [6.45, 7) is 6.91. The van der Waals surface area contributed by atoms with E-state index in [0.717, 1.165) is 0 Å². The van der Waals surface area contributed by atoms with Crippen molar-refractivity contribution in [2.75, 3.05) is 0 Å². The zero-order chi connectivity index (χ0) is 21.6. The van der Waals surface area contributed by atoms with Gasteiger partial charge in [-0.25, -0.2) is 4.39 Å². The average Bonchev–Trinajstić information content (AvgIpc) is 2.96. The summed E-state index contributed by atoms with van der Waals surface area (Å²) in [5.41, 5.74) is -3.51. The quantitative estimate of drug-likeness (QED) is 0.625. The molecule has 2 aromatic rings. The number of H-pyrrole nitrogens is 2. The number of aromatic amines is 2.